The van der Waals surface area contributed by atoms with Crippen molar-refractivity contribution in [2.24, 2.45) is 0 Å². The van der Waals surface area contributed by atoms with Crippen LogP contribution in [0.3, 0.4) is 0 Å². The van der Waals surface area contributed by atoms with Crippen LogP contribution in [0.2, 0.25) is 0 Å². The average Bonchev–Trinajstić information content (AvgIpc) is 3.03. The normalized spacial score (nSPS) is 23.6. The maximum atomic E-state index is 12.6. The zero-order valence-electron chi connectivity index (χ0n) is 14.5. The zero-order valence-corrected chi connectivity index (χ0v) is 16.1. The lowest BCUT2D eigenvalue weighted by Gasteiger charge is -2.48. The molecule has 1 atom stereocenters. The maximum Gasteiger partial charge on any atom is 0.228 e. The number of methoxy groups -OCH3 is 1. The molecule has 1 spiro atoms. The summed E-state index contributed by atoms with van der Waals surface area (Å²) in [7, 11) is 1.77. The van der Waals surface area contributed by atoms with Gasteiger partial charge in [-0.15, -0.1) is 11.3 Å². The fraction of sp³-hybridized carbons (Fsp3) is 0.765. The summed E-state index contributed by atoms with van der Waals surface area (Å²) in [4.78, 5) is 19.1. The van der Waals surface area contributed by atoms with Crippen molar-refractivity contribution in [3.63, 3.8) is 0 Å². The number of ether oxygens (including phenoxy) is 2. The molecule has 1 aromatic heterocycles. The van der Waals surface area contributed by atoms with Gasteiger partial charge in [-0.05, 0) is 31.4 Å². The molecule has 0 unspecified atom stereocenters. The number of likely N-dealkylation sites (tertiary alicyclic amines) is 1. The Balaban J connectivity index is 1.54. The van der Waals surface area contributed by atoms with E-state index in [1.807, 2.05) is 10.3 Å². The highest BCUT2D eigenvalue weighted by Crippen LogP contribution is 2.37. The molecule has 24 heavy (non-hydrogen) atoms. The first-order valence-corrected chi connectivity index (χ1v) is 10.5. The second-order valence-electron chi connectivity index (χ2n) is 6.38. The van der Waals surface area contributed by atoms with E-state index in [1.165, 1.54) is 0 Å². The van der Waals surface area contributed by atoms with Gasteiger partial charge in [0.15, 0.2) is 0 Å². The van der Waals surface area contributed by atoms with Crippen molar-refractivity contribution in [2.45, 2.75) is 55.1 Å². The summed E-state index contributed by atoms with van der Waals surface area (Å²) in [6, 6.07) is 0. The van der Waals surface area contributed by atoms with Gasteiger partial charge in [-0.2, -0.15) is 0 Å². The SMILES string of the molecule is CCSc1nc(CC(=O)N2CCC3(CC2)OCCC[C@H]3OC)cs1. The van der Waals surface area contributed by atoms with E-state index >= 15 is 0 Å². The predicted octanol–water partition coefficient (Wildman–Crippen LogP) is 2.98. The number of amides is 1. The zero-order chi connectivity index (χ0) is 17.0. The van der Waals surface area contributed by atoms with Crippen LogP contribution in [0, 0.1) is 0 Å². The van der Waals surface area contributed by atoms with E-state index in [0.717, 1.165) is 61.2 Å². The van der Waals surface area contributed by atoms with Crippen LogP contribution < -0.4 is 0 Å². The molecule has 0 N–H and O–H groups in total. The smallest absolute Gasteiger partial charge is 0.228 e. The van der Waals surface area contributed by atoms with E-state index < -0.39 is 0 Å². The number of thiazole rings is 1. The van der Waals surface area contributed by atoms with Gasteiger partial charge in [-0.3, -0.25) is 4.79 Å². The molecule has 3 rings (SSSR count). The van der Waals surface area contributed by atoms with Gasteiger partial charge in [0.05, 0.1) is 23.8 Å². The standard InChI is InChI=1S/C17H26N2O3S2/c1-3-23-16-18-13(12-24-16)11-15(20)19-8-6-17(7-9-19)14(21-2)5-4-10-22-17/h12,14H,3-11H2,1-2H3/t14-/m1/s1. The van der Waals surface area contributed by atoms with Crippen molar-refractivity contribution in [1.82, 2.24) is 9.88 Å². The number of nitrogens with zero attached hydrogens (tertiary/aromatic N) is 2. The molecular formula is C17H26N2O3S2. The fourth-order valence-corrected chi connectivity index (χ4v) is 5.40. The second kappa shape index (κ2) is 8.17. The van der Waals surface area contributed by atoms with Crippen molar-refractivity contribution in [2.75, 3.05) is 32.6 Å². The number of aromatic nitrogens is 1. The molecule has 1 aromatic rings. The number of carbonyl (C=O) groups is 1. The van der Waals surface area contributed by atoms with Gasteiger partial charge in [-0.25, -0.2) is 4.98 Å². The molecule has 0 radical (unpaired) electrons. The van der Waals surface area contributed by atoms with Crippen LogP contribution in [0.15, 0.2) is 9.72 Å². The Bertz CT molecular complexity index is 556. The van der Waals surface area contributed by atoms with Crippen LogP contribution in [0.1, 0.15) is 38.3 Å². The van der Waals surface area contributed by atoms with Crippen LogP contribution in [0.4, 0.5) is 0 Å². The van der Waals surface area contributed by atoms with Crippen LogP contribution in [0.25, 0.3) is 0 Å². The van der Waals surface area contributed by atoms with Gasteiger partial charge >= 0.3 is 0 Å². The van der Waals surface area contributed by atoms with E-state index in [-0.39, 0.29) is 17.6 Å². The lowest BCUT2D eigenvalue weighted by atomic mass is 9.81. The van der Waals surface area contributed by atoms with E-state index in [1.54, 1.807) is 30.2 Å². The van der Waals surface area contributed by atoms with Gasteiger partial charge in [0.1, 0.15) is 4.34 Å². The molecule has 0 aromatic carbocycles. The van der Waals surface area contributed by atoms with Crippen molar-refractivity contribution in [3.05, 3.63) is 11.1 Å². The Morgan fingerprint density at radius 2 is 2.33 bits per heavy atom. The monoisotopic (exact) mass is 370 g/mol. The Morgan fingerprint density at radius 1 is 1.54 bits per heavy atom. The molecule has 5 nitrogen and oxygen atoms in total. The van der Waals surface area contributed by atoms with Gasteiger partial charge in [0.2, 0.25) is 5.91 Å². The third kappa shape index (κ3) is 3.95. The predicted molar refractivity (Wildman–Crippen MR) is 96.7 cm³/mol. The van der Waals surface area contributed by atoms with Crippen molar-refractivity contribution in [3.8, 4) is 0 Å². The molecule has 2 aliphatic heterocycles. The number of hydrogen-bond donors (Lipinski definition) is 0. The lowest BCUT2D eigenvalue weighted by Crippen LogP contribution is -2.56. The highest BCUT2D eigenvalue weighted by molar-refractivity contribution is 8.00. The van der Waals surface area contributed by atoms with Crippen molar-refractivity contribution < 1.29 is 14.3 Å². The molecule has 2 fully saturated rings. The topological polar surface area (TPSA) is 51.7 Å². The first-order chi connectivity index (χ1) is 11.7. The summed E-state index contributed by atoms with van der Waals surface area (Å²) < 4.78 is 12.8. The summed E-state index contributed by atoms with van der Waals surface area (Å²) in [5, 5.41) is 2.01. The van der Waals surface area contributed by atoms with Gasteiger partial charge in [-0.1, -0.05) is 18.7 Å². The van der Waals surface area contributed by atoms with E-state index in [4.69, 9.17) is 9.47 Å². The number of hydrogen-bond acceptors (Lipinski definition) is 6. The number of thioether (sulfide) groups is 1. The Morgan fingerprint density at radius 3 is 3.04 bits per heavy atom. The summed E-state index contributed by atoms with van der Waals surface area (Å²) in [5.41, 5.74) is 0.708. The molecule has 134 valence electrons. The lowest BCUT2D eigenvalue weighted by molar-refractivity contribution is -0.188. The molecule has 7 heteroatoms. The van der Waals surface area contributed by atoms with Gasteiger partial charge in [0, 0.05) is 32.2 Å². The molecule has 1 amide bonds. The minimum Gasteiger partial charge on any atom is -0.378 e. The third-order valence-corrected chi connectivity index (χ3v) is 6.92. The Kier molecular flexibility index (Phi) is 6.18. The highest BCUT2D eigenvalue weighted by Gasteiger charge is 2.45. The molecule has 3 heterocycles. The second-order valence-corrected chi connectivity index (χ2v) is 8.74. The highest BCUT2D eigenvalue weighted by atomic mass is 32.2. The van der Waals surface area contributed by atoms with Crippen molar-refractivity contribution >= 4 is 29.0 Å². The average molecular weight is 371 g/mol. The molecule has 0 saturated carbocycles. The summed E-state index contributed by atoms with van der Waals surface area (Å²) >= 11 is 3.36. The van der Waals surface area contributed by atoms with Crippen LogP contribution in [-0.4, -0.2) is 60.1 Å². The van der Waals surface area contributed by atoms with Crippen LogP contribution in [-0.2, 0) is 20.7 Å². The van der Waals surface area contributed by atoms with E-state index in [9.17, 15) is 4.79 Å². The number of piperidine rings is 1. The molecule has 2 saturated heterocycles. The fourth-order valence-electron chi connectivity index (χ4n) is 3.66. The first kappa shape index (κ1) is 18.2. The quantitative estimate of drug-likeness (QED) is 0.746. The van der Waals surface area contributed by atoms with Gasteiger partial charge < -0.3 is 14.4 Å². The number of rotatable bonds is 5. The van der Waals surface area contributed by atoms with E-state index in [2.05, 4.69) is 11.9 Å². The minimum atomic E-state index is -0.185. The summed E-state index contributed by atoms with van der Waals surface area (Å²) in [5.74, 6) is 1.18. The third-order valence-electron chi connectivity index (χ3n) is 4.96. The van der Waals surface area contributed by atoms with Crippen LogP contribution >= 0.6 is 23.1 Å². The van der Waals surface area contributed by atoms with Gasteiger partial charge in [0.25, 0.3) is 0 Å². The molecular weight excluding hydrogens is 344 g/mol. The molecule has 0 bridgehead atoms. The summed E-state index contributed by atoms with van der Waals surface area (Å²) in [6.45, 7) is 4.42. The molecule has 0 aliphatic carbocycles. The summed E-state index contributed by atoms with van der Waals surface area (Å²) in [6.07, 6.45) is 4.42. The molecule has 2 aliphatic rings. The Hall–Kier alpha value is -0.630. The van der Waals surface area contributed by atoms with E-state index in [0.29, 0.717) is 6.42 Å². The van der Waals surface area contributed by atoms with Crippen LogP contribution in [0.5, 0.6) is 0 Å². The largest absolute Gasteiger partial charge is 0.378 e. The Labute approximate surface area is 152 Å². The maximum absolute atomic E-state index is 12.6. The van der Waals surface area contributed by atoms with Crippen molar-refractivity contribution in [1.29, 1.82) is 0 Å². The first-order valence-electron chi connectivity index (χ1n) is 8.68. The number of carbonyl (C=O) groups excluding carboxylic acids is 1. The minimum absolute atomic E-state index is 0.163.